The smallest absolute Gasteiger partial charge is 0.340 e. The van der Waals surface area contributed by atoms with E-state index in [1.165, 1.54) is 0 Å². The molecule has 2 heterocycles. The number of nitrogens with zero attached hydrogens (tertiary/aromatic N) is 2. The highest BCUT2D eigenvalue weighted by molar-refractivity contribution is 6.00. The maximum atomic E-state index is 12.5. The zero-order valence-corrected chi connectivity index (χ0v) is 16.3. The fraction of sp³-hybridized carbons (Fsp3) is 0.500. The molecule has 25 heavy (non-hydrogen) atoms. The second-order valence-corrected chi connectivity index (χ2v) is 6.78. The largest absolute Gasteiger partial charge is 0.454 e. The fourth-order valence-electron chi connectivity index (χ4n) is 3.63. The van der Waals surface area contributed by atoms with Crippen molar-refractivity contribution in [2.45, 2.75) is 61.1 Å². The molecule has 0 saturated carbocycles. The molecule has 5 heteroatoms. The zero-order valence-electron chi connectivity index (χ0n) is 16.3. The summed E-state index contributed by atoms with van der Waals surface area (Å²) in [4.78, 5) is 24.9. The van der Waals surface area contributed by atoms with Gasteiger partial charge in [-0.25, -0.2) is 4.79 Å². The number of ketones is 1. The summed E-state index contributed by atoms with van der Waals surface area (Å²) in [5.74, 6) is -0.614. The number of hydrogen-bond acceptors (Lipinski definition) is 3. The molecule has 2 aromatic rings. The summed E-state index contributed by atoms with van der Waals surface area (Å²) in [5.41, 5.74) is 4.98. The number of aromatic nitrogens is 2. The first-order valence-corrected chi connectivity index (χ1v) is 8.74. The second-order valence-electron chi connectivity index (χ2n) is 6.78. The molecule has 5 nitrogen and oxygen atoms in total. The van der Waals surface area contributed by atoms with Gasteiger partial charge in [0, 0.05) is 40.9 Å². The van der Waals surface area contributed by atoms with E-state index in [1.807, 2.05) is 46.8 Å². The van der Waals surface area contributed by atoms with Crippen molar-refractivity contribution in [1.29, 1.82) is 0 Å². The highest BCUT2D eigenvalue weighted by Crippen LogP contribution is 2.21. The minimum atomic E-state index is -0.447. The molecule has 0 amide bonds. The van der Waals surface area contributed by atoms with Crippen LogP contribution in [0.2, 0.25) is 0 Å². The van der Waals surface area contributed by atoms with Gasteiger partial charge in [0.05, 0.1) is 5.56 Å². The summed E-state index contributed by atoms with van der Waals surface area (Å²) < 4.78 is 9.47. The van der Waals surface area contributed by atoms with E-state index in [2.05, 4.69) is 23.0 Å². The van der Waals surface area contributed by atoms with Gasteiger partial charge in [0.2, 0.25) is 5.78 Å². The molecule has 136 valence electrons. The van der Waals surface area contributed by atoms with Crippen molar-refractivity contribution in [2.24, 2.45) is 0 Å². The lowest BCUT2D eigenvalue weighted by Gasteiger charge is -2.13. The summed E-state index contributed by atoms with van der Waals surface area (Å²) in [6.07, 6.45) is 0. The van der Waals surface area contributed by atoms with E-state index in [-0.39, 0.29) is 18.4 Å². The van der Waals surface area contributed by atoms with Crippen LogP contribution in [0.4, 0.5) is 0 Å². The first-order chi connectivity index (χ1) is 11.7. The van der Waals surface area contributed by atoms with Gasteiger partial charge in [-0.1, -0.05) is 0 Å². The predicted molar refractivity (Wildman–Crippen MR) is 98.5 cm³/mol. The molecule has 0 aliphatic heterocycles. The van der Waals surface area contributed by atoms with E-state index in [0.29, 0.717) is 11.1 Å². The molecule has 0 spiro atoms. The van der Waals surface area contributed by atoms with Gasteiger partial charge in [-0.2, -0.15) is 0 Å². The van der Waals surface area contributed by atoms with Crippen LogP contribution in [0.5, 0.6) is 0 Å². The summed E-state index contributed by atoms with van der Waals surface area (Å²) in [5, 5.41) is 0. The maximum absolute atomic E-state index is 12.5. The SMILES string of the molecule is CCn1c(C)cc(C(=O)COC(=O)c2cc(C)n(C(C)C)c2C)c1C. The van der Waals surface area contributed by atoms with Gasteiger partial charge < -0.3 is 13.9 Å². The Morgan fingerprint density at radius 1 is 1.00 bits per heavy atom. The van der Waals surface area contributed by atoms with Gasteiger partial charge in [-0.3, -0.25) is 4.79 Å². The Kier molecular flexibility index (Phi) is 5.55. The third kappa shape index (κ3) is 3.55. The van der Waals surface area contributed by atoms with E-state index < -0.39 is 5.97 Å². The maximum Gasteiger partial charge on any atom is 0.340 e. The van der Waals surface area contributed by atoms with Crippen LogP contribution in [-0.2, 0) is 11.3 Å². The Labute approximate surface area is 149 Å². The van der Waals surface area contributed by atoms with Crippen molar-refractivity contribution in [3.63, 3.8) is 0 Å². The van der Waals surface area contributed by atoms with Crippen molar-refractivity contribution in [3.8, 4) is 0 Å². The van der Waals surface area contributed by atoms with Crippen molar-refractivity contribution in [2.75, 3.05) is 6.61 Å². The first kappa shape index (κ1) is 19.0. The molecule has 0 aromatic carbocycles. The normalized spacial score (nSPS) is 11.2. The van der Waals surface area contributed by atoms with Crippen molar-refractivity contribution < 1.29 is 14.3 Å². The van der Waals surface area contributed by atoms with Crippen molar-refractivity contribution in [3.05, 3.63) is 46.0 Å². The Hall–Kier alpha value is -2.30. The Morgan fingerprint density at radius 3 is 2.08 bits per heavy atom. The van der Waals surface area contributed by atoms with E-state index in [9.17, 15) is 9.59 Å². The number of Topliss-reactive ketones (excluding diaryl/α,β-unsaturated/α-hetero) is 1. The number of rotatable bonds is 6. The lowest BCUT2D eigenvalue weighted by atomic mass is 10.1. The summed E-state index contributed by atoms with van der Waals surface area (Å²) in [7, 11) is 0. The molecule has 0 aliphatic rings. The molecule has 0 saturated heterocycles. The molecule has 0 radical (unpaired) electrons. The first-order valence-electron chi connectivity index (χ1n) is 8.74. The summed E-state index contributed by atoms with van der Waals surface area (Å²) in [6.45, 7) is 14.5. The van der Waals surface area contributed by atoms with Gasteiger partial charge in [0.15, 0.2) is 6.61 Å². The molecule has 0 unspecified atom stereocenters. The second kappa shape index (κ2) is 7.30. The Balaban J connectivity index is 2.13. The fourth-order valence-corrected chi connectivity index (χ4v) is 3.63. The van der Waals surface area contributed by atoms with Crippen LogP contribution in [0.25, 0.3) is 0 Å². The van der Waals surface area contributed by atoms with Crippen LogP contribution in [0, 0.1) is 27.7 Å². The molecule has 0 aliphatic carbocycles. The quantitative estimate of drug-likeness (QED) is 0.584. The van der Waals surface area contributed by atoms with Gasteiger partial charge >= 0.3 is 5.97 Å². The molecule has 0 N–H and O–H groups in total. The number of hydrogen-bond donors (Lipinski definition) is 0. The Morgan fingerprint density at radius 2 is 1.60 bits per heavy atom. The lowest BCUT2D eigenvalue weighted by Crippen LogP contribution is -2.16. The van der Waals surface area contributed by atoms with Crippen molar-refractivity contribution >= 4 is 11.8 Å². The number of carbonyl (C=O) groups excluding carboxylic acids is 2. The highest BCUT2D eigenvalue weighted by Gasteiger charge is 2.21. The third-order valence-electron chi connectivity index (χ3n) is 4.75. The summed E-state index contributed by atoms with van der Waals surface area (Å²) in [6, 6.07) is 3.95. The molecule has 0 atom stereocenters. The topological polar surface area (TPSA) is 53.2 Å². The summed E-state index contributed by atoms with van der Waals surface area (Å²) >= 11 is 0. The minimum Gasteiger partial charge on any atom is -0.454 e. The molecule has 0 fully saturated rings. The van der Waals surface area contributed by atoms with Gasteiger partial charge in [-0.05, 0) is 60.6 Å². The number of carbonyl (C=O) groups is 2. The lowest BCUT2D eigenvalue weighted by molar-refractivity contribution is 0.0473. The van der Waals surface area contributed by atoms with E-state index in [4.69, 9.17) is 4.74 Å². The van der Waals surface area contributed by atoms with Crippen LogP contribution in [-0.4, -0.2) is 27.5 Å². The van der Waals surface area contributed by atoms with Gasteiger partial charge in [-0.15, -0.1) is 0 Å². The highest BCUT2D eigenvalue weighted by atomic mass is 16.5. The third-order valence-corrected chi connectivity index (χ3v) is 4.75. The average Bonchev–Trinajstić information content (AvgIpc) is 3.00. The number of aryl methyl sites for hydroxylation is 2. The molecule has 0 bridgehead atoms. The van der Waals surface area contributed by atoms with Gasteiger partial charge in [0.1, 0.15) is 0 Å². The van der Waals surface area contributed by atoms with Crippen LogP contribution in [0.3, 0.4) is 0 Å². The van der Waals surface area contributed by atoms with E-state index in [0.717, 1.165) is 29.3 Å². The van der Waals surface area contributed by atoms with Crippen LogP contribution >= 0.6 is 0 Å². The van der Waals surface area contributed by atoms with Crippen molar-refractivity contribution in [1.82, 2.24) is 9.13 Å². The van der Waals surface area contributed by atoms with Crippen LogP contribution in [0.1, 0.15) is 70.3 Å². The molecular formula is C20H28N2O3. The van der Waals surface area contributed by atoms with E-state index in [1.54, 1.807) is 0 Å². The Bertz CT molecular complexity index is 810. The number of ether oxygens (including phenoxy) is 1. The monoisotopic (exact) mass is 344 g/mol. The molecule has 2 rings (SSSR count). The van der Waals surface area contributed by atoms with E-state index >= 15 is 0 Å². The van der Waals surface area contributed by atoms with Crippen LogP contribution in [0.15, 0.2) is 12.1 Å². The minimum absolute atomic E-state index is 0.168. The van der Waals surface area contributed by atoms with Gasteiger partial charge in [0.25, 0.3) is 0 Å². The number of esters is 1. The average molecular weight is 344 g/mol. The molecule has 2 aromatic heterocycles. The van der Waals surface area contributed by atoms with Crippen LogP contribution < -0.4 is 0 Å². The predicted octanol–water partition coefficient (Wildman–Crippen LogP) is 4.16. The molecular weight excluding hydrogens is 316 g/mol. The zero-order chi connectivity index (χ0) is 18.9. The standard InChI is InChI=1S/C20H28N2O3/c1-8-21-13(4)9-17(15(21)6)19(23)11-25-20(24)18-10-14(5)22(12(2)3)16(18)7/h9-10,12H,8,11H2,1-7H3.